The van der Waals surface area contributed by atoms with E-state index in [1.54, 1.807) is 13.2 Å². The van der Waals surface area contributed by atoms with Crippen LogP contribution >= 0.6 is 23.5 Å². The van der Waals surface area contributed by atoms with E-state index in [0.29, 0.717) is 36.6 Å². The molecule has 2 aromatic rings. The van der Waals surface area contributed by atoms with Crippen molar-refractivity contribution in [1.29, 1.82) is 0 Å². The Morgan fingerprint density at radius 3 is 2.76 bits per heavy atom. The fraction of sp³-hybridized carbons (Fsp3) is 0.545. The van der Waals surface area contributed by atoms with E-state index in [1.165, 1.54) is 17.5 Å². The molecule has 0 aromatic heterocycles. The van der Waals surface area contributed by atoms with Crippen LogP contribution in [-0.2, 0) is 11.2 Å². The van der Waals surface area contributed by atoms with Crippen LogP contribution in [0.25, 0.3) is 0 Å². The van der Waals surface area contributed by atoms with Gasteiger partial charge in [-0.3, -0.25) is 9.52 Å². The van der Waals surface area contributed by atoms with Gasteiger partial charge in [-0.05, 0) is 91.4 Å². The summed E-state index contributed by atoms with van der Waals surface area (Å²) in [6.07, 6.45) is 7.57. The van der Waals surface area contributed by atoms with Gasteiger partial charge in [-0.1, -0.05) is 57.4 Å². The van der Waals surface area contributed by atoms with Gasteiger partial charge >= 0.3 is 0 Å². The molecule has 2 heterocycles. The zero-order valence-electron chi connectivity index (χ0n) is 25.0. The predicted molar refractivity (Wildman–Crippen MR) is 169 cm³/mol. The van der Waals surface area contributed by atoms with E-state index in [1.807, 2.05) is 31.2 Å². The Morgan fingerprint density at radius 2 is 2.02 bits per heavy atom. The van der Waals surface area contributed by atoms with Crippen LogP contribution in [0.1, 0.15) is 87.2 Å². The van der Waals surface area contributed by atoms with Crippen molar-refractivity contribution in [2.45, 2.75) is 83.5 Å². The lowest BCUT2D eigenvalue weighted by Gasteiger charge is -2.32. The molecule has 5 nitrogen and oxygen atoms in total. The van der Waals surface area contributed by atoms with Gasteiger partial charge in [-0.2, -0.15) is 0 Å². The molecule has 1 amide bonds. The molecule has 2 aliphatic rings. The van der Waals surface area contributed by atoms with Crippen molar-refractivity contribution in [3.63, 3.8) is 0 Å². The summed E-state index contributed by atoms with van der Waals surface area (Å²) in [5.74, 6) is 0.569. The molecule has 2 aromatic carbocycles. The van der Waals surface area contributed by atoms with Crippen LogP contribution in [0.5, 0.6) is 5.75 Å². The normalized spacial score (nSPS) is 25.5. The van der Waals surface area contributed by atoms with Crippen LogP contribution in [0, 0.1) is 11.7 Å². The molecule has 4 atom stereocenters. The number of nitrogens with zero attached hydrogens (tertiary/aromatic N) is 1. The molecule has 1 N–H and O–H groups in total. The molecule has 0 aliphatic carbocycles. The molecule has 2 aliphatic heterocycles. The fourth-order valence-corrected chi connectivity index (χ4v) is 6.96. The minimum Gasteiger partial charge on any atom is -0.491 e. The first-order chi connectivity index (χ1) is 19.8. The van der Waals surface area contributed by atoms with Crippen molar-refractivity contribution in [3.05, 3.63) is 69.5 Å². The molecule has 0 spiro atoms. The van der Waals surface area contributed by atoms with E-state index in [4.69, 9.17) is 21.1 Å². The van der Waals surface area contributed by atoms with Gasteiger partial charge in [0.1, 0.15) is 11.6 Å². The number of nitrogens with one attached hydrogen (secondary N) is 1. The van der Waals surface area contributed by atoms with Gasteiger partial charge in [0.15, 0.2) is 0 Å². The second kappa shape index (κ2) is 14.8. The van der Waals surface area contributed by atoms with Crippen LogP contribution in [0.2, 0.25) is 5.02 Å². The van der Waals surface area contributed by atoms with E-state index in [0.717, 1.165) is 55.6 Å². The van der Waals surface area contributed by atoms with Gasteiger partial charge in [0.25, 0.3) is 5.91 Å². The number of methoxy groups -OCH3 is 1. The first-order valence-corrected chi connectivity index (χ1v) is 16.2. The topological polar surface area (TPSA) is 50.8 Å². The summed E-state index contributed by atoms with van der Waals surface area (Å²) in [6, 6.07) is 9.28. The molecule has 8 heteroatoms. The maximum absolute atomic E-state index is 15.2. The number of hydrogen-bond acceptors (Lipinski definition) is 5. The second-order valence-corrected chi connectivity index (χ2v) is 13.0. The van der Waals surface area contributed by atoms with Gasteiger partial charge < -0.3 is 14.4 Å². The number of fused-ring (bicyclic) bond motifs is 1. The highest BCUT2D eigenvalue weighted by Crippen LogP contribution is 2.38. The zero-order valence-corrected chi connectivity index (χ0v) is 26.5. The van der Waals surface area contributed by atoms with E-state index < -0.39 is 0 Å². The number of anilines is 1. The summed E-state index contributed by atoms with van der Waals surface area (Å²) in [7, 11) is 1.80. The Kier molecular flexibility index (Phi) is 11.4. The number of rotatable bonds is 5. The van der Waals surface area contributed by atoms with Gasteiger partial charge in [-0.25, -0.2) is 4.39 Å². The summed E-state index contributed by atoms with van der Waals surface area (Å²) in [5, 5.41) is 0.431. The quantitative estimate of drug-likeness (QED) is 0.275. The largest absolute Gasteiger partial charge is 0.491 e. The van der Waals surface area contributed by atoms with Crippen LogP contribution in [-0.4, -0.2) is 44.1 Å². The minimum atomic E-state index is -0.331. The van der Waals surface area contributed by atoms with E-state index in [9.17, 15) is 4.79 Å². The van der Waals surface area contributed by atoms with Crippen LogP contribution in [0.4, 0.5) is 10.1 Å². The third-order valence-electron chi connectivity index (χ3n) is 8.43. The molecule has 4 rings (SSSR count). The number of carbonyl (C=O) groups excluding carboxylic acids is 1. The number of carbonyl (C=O) groups is 1. The fourth-order valence-electron chi connectivity index (χ4n) is 6.10. The number of halogens is 2. The molecule has 2 bridgehead atoms. The van der Waals surface area contributed by atoms with E-state index >= 15 is 4.39 Å². The molecular formula is C33H44ClFN2O3S. The highest BCUT2D eigenvalue weighted by atomic mass is 35.5. The molecular weight excluding hydrogens is 559 g/mol. The summed E-state index contributed by atoms with van der Waals surface area (Å²) in [5.41, 5.74) is 4.37. The molecule has 0 saturated carbocycles. The lowest BCUT2D eigenvalue weighted by molar-refractivity contribution is 0.0751. The lowest BCUT2D eigenvalue weighted by Crippen LogP contribution is -2.34. The van der Waals surface area contributed by atoms with Crippen molar-refractivity contribution in [3.8, 4) is 5.75 Å². The Hall–Kier alpha value is -2.22. The summed E-state index contributed by atoms with van der Waals surface area (Å²) < 4.78 is 30.7. The van der Waals surface area contributed by atoms with Gasteiger partial charge in [0.05, 0.1) is 23.4 Å². The Balaban J connectivity index is 1.74. The van der Waals surface area contributed by atoms with Gasteiger partial charge in [0, 0.05) is 36.9 Å². The highest BCUT2D eigenvalue weighted by molar-refractivity contribution is 7.98. The van der Waals surface area contributed by atoms with Gasteiger partial charge in [0.2, 0.25) is 0 Å². The van der Waals surface area contributed by atoms with Gasteiger partial charge in [-0.15, -0.1) is 0 Å². The third-order valence-corrected chi connectivity index (χ3v) is 9.67. The maximum atomic E-state index is 15.2. The first kappa shape index (κ1) is 31.7. The molecule has 0 saturated heterocycles. The average molecular weight is 603 g/mol. The number of benzene rings is 2. The molecule has 0 radical (unpaired) electrons. The van der Waals surface area contributed by atoms with Crippen LogP contribution in [0.15, 0.2) is 42.0 Å². The summed E-state index contributed by atoms with van der Waals surface area (Å²) in [4.78, 5) is 15.5. The standard InChI is InChI=1S/C33H44ClFN2O3S/c1-6-9-27-26(13-14-28(34)31(27)35)25-19-37-17-16-23(7-2)32(39-5)21(3)10-8-11-22(4)41-36-33(38)24-12-15-30(40-20-25)29(37)18-24/h10,12-15,18,22-23,25,32H,6-9,11,16-17,19-20H2,1-5H3,(H,36,38)/b21-10+. The first-order valence-electron chi connectivity index (χ1n) is 14.9. The Bertz CT molecular complexity index is 1240. The molecule has 4 unspecified atom stereocenters. The van der Waals surface area contributed by atoms with Crippen molar-refractivity contribution in [2.24, 2.45) is 5.92 Å². The molecule has 0 fully saturated rings. The number of hydrogen-bond donors (Lipinski definition) is 1. The van der Waals surface area contributed by atoms with E-state index in [-0.39, 0.29) is 34.0 Å². The predicted octanol–water partition coefficient (Wildman–Crippen LogP) is 8.35. The summed E-state index contributed by atoms with van der Waals surface area (Å²) >= 11 is 7.67. The Labute approximate surface area is 254 Å². The smallest absolute Gasteiger partial charge is 0.261 e. The maximum Gasteiger partial charge on any atom is 0.261 e. The minimum absolute atomic E-state index is 0.0434. The van der Waals surface area contributed by atoms with E-state index in [2.05, 4.69) is 36.5 Å². The van der Waals surface area contributed by atoms with Crippen molar-refractivity contribution >= 4 is 35.1 Å². The third kappa shape index (κ3) is 7.60. The van der Waals surface area contributed by atoms with Crippen LogP contribution in [0.3, 0.4) is 0 Å². The zero-order chi connectivity index (χ0) is 29.5. The lowest BCUT2D eigenvalue weighted by atomic mass is 9.89. The SMILES string of the molecule is CCCc1c(C2COc3ccc4cc3N(CCC(CC)C(OC)/C(C)=C/CCC(C)SNC4=O)C2)ccc(Cl)c1F. The van der Waals surface area contributed by atoms with Crippen LogP contribution < -0.4 is 14.4 Å². The molecule has 224 valence electrons. The van der Waals surface area contributed by atoms with Crippen molar-refractivity contribution in [1.82, 2.24) is 4.72 Å². The van der Waals surface area contributed by atoms with Crippen molar-refractivity contribution in [2.75, 3.05) is 31.7 Å². The monoisotopic (exact) mass is 602 g/mol. The molecule has 41 heavy (non-hydrogen) atoms. The number of allylic oxidation sites excluding steroid dienone is 1. The summed E-state index contributed by atoms with van der Waals surface area (Å²) in [6.45, 7) is 10.4. The number of amides is 1. The number of ether oxygens (including phenoxy) is 2. The average Bonchev–Trinajstić information content (AvgIpc) is 3.15. The highest BCUT2D eigenvalue weighted by Gasteiger charge is 2.30. The second-order valence-electron chi connectivity index (χ2n) is 11.3. The van der Waals surface area contributed by atoms with Crippen molar-refractivity contribution < 1.29 is 18.7 Å². The Morgan fingerprint density at radius 1 is 1.22 bits per heavy atom.